The van der Waals surface area contributed by atoms with Crippen molar-refractivity contribution in [2.24, 2.45) is 0 Å². The molecule has 0 aromatic carbocycles. The molecule has 102 valence electrons. The van der Waals surface area contributed by atoms with Gasteiger partial charge in [-0.2, -0.15) is 0 Å². The number of aromatic amines is 1. The number of hydrogen-bond acceptors (Lipinski definition) is 5. The SMILES string of the molecule is O=C(NCc1nnc2c(=O)[nH]ccn12)c1ccc(Br)o1. The van der Waals surface area contributed by atoms with E-state index in [4.69, 9.17) is 4.42 Å². The molecule has 0 aliphatic carbocycles. The van der Waals surface area contributed by atoms with Crippen LogP contribution < -0.4 is 10.9 Å². The standard InChI is InChI=1S/C11H8BrN5O3/c12-7-2-1-6(20-7)10(18)14-5-8-15-16-9-11(19)13-3-4-17(8)9/h1-4H,5H2,(H,13,19)(H,14,18). The fourth-order valence-electron chi connectivity index (χ4n) is 1.69. The molecule has 0 fully saturated rings. The minimum absolute atomic E-state index is 0.127. The Morgan fingerprint density at radius 3 is 3.05 bits per heavy atom. The number of hydrogen-bond donors (Lipinski definition) is 2. The maximum absolute atomic E-state index is 11.8. The van der Waals surface area contributed by atoms with Gasteiger partial charge in [-0.1, -0.05) is 0 Å². The number of nitrogens with zero attached hydrogens (tertiary/aromatic N) is 3. The molecular weight excluding hydrogens is 330 g/mol. The number of furan rings is 1. The highest BCUT2D eigenvalue weighted by atomic mass is 79.9. The Labute approximate surface area is 119 Å². The van der Waals surface area contributed by atoms with Crippen molar-refractivity contribution in [1.82, 2.24) is 24.9 Å². The van der Waals surface area contributed by atoms with Gasteiger partial charge >= 0.3 is 0 Å². The summed E-state index contributed by atoms with van der Waals surface area (Å²) in [6, 6.07) is 3.17. The summed E-state index contributed by atoms with van der Waals surface area (Å²) in [6.07, 6.45) is 3.09. The minimum atomic E-state index is -0.378. The third-order valence-electron chi connectivity index (χ3n) is 2.61. The van der Waals surface area contributed by atoms with Crippen molar-refractivity contribution in [2.45, 2.75) is 6.54 Å². The van der Waals surface area contributed by atoms with Crippen molar-refractivity contribution in [3.8, 4) is 0 Å². The van der Waals surface area contributed by atoms with Crippen LogP contribution in [0.3, 0.4) is 0 Å². The molecule has 0 atom stereocenters. The van der Waals surface area contributed by atoms with Crippen LogP contribution in [0.2, 0.25) is 0 Å². The second kappa shape index (κ2) is 4.93. The summed E-state index contributed by atoms with van der Waals surface area (Å²) in [5.41, 5.74) is -0.162. The average Bonchev–Trinajstić information content (AvgIpc) is 3.03. The number of rotatable bonds is 3. The summed E-state index contributed by atoms with van der Waals surface area (Å²) in [5, 5.41) is 10.3. The van der Waals surface area contributed by atoms with Crippen LogP contribution in [0.5, 0.6) is 0 Å². The van der Waals surface area contributed by atoms with Crippen LogP contribution in [-0.2, 0) is 6.54 Å². The maximum atomic E-state index is 11.8. The van der Waals surface area contributed by atoms with Crippen LogP contribution in [0.25, 0.3) is 5.65 Å². The molecule has 0 aliphatic rings. The van der Waals surface area contributed by atoms with Gasteiger partial charge in [-0.25, -0.2) is 0 Å². The van der Waals surface area contributed by atoms with Crippen molar-refractivity contribution in [2.75, 3.05) is 0 Å². The summed E-state index contributed by atoms with van der Waals surface area (Å²) in [4.78, 5) is 25.8. The smallest absolute Gasteiger partial charge is 0.293 e. The topological polar surface area (TPSA) is 105 Å². The van der Waals surface area contributed by atoms with Crippen molar-refractivity contribution in [3.05, 3.63) is 51.1 Å². The first-order chi connectivity index (χ1) is 9.65. The monoisotopic (exact) mass is 337 g/mol. The van der Waals surface area contributed by atoms with Gasteiger partial charge in [0.1, 0.15) is 0 Å². The normalized spacial score (nSPS) is 10.8. The van der Waals surface area contributed by atoms with Gasteiger partial charge in [0.2, 0.25) is 5.65 Å². The second-order valence-electron chi connectivity index (χ2n) is 3.89. The average molecular weight is 338 g/mol. The number of halogens is 1. The first kappa shape index (κ1) is 12.6. The van der Waals surface area contributed by atoms with Crippen LogP contribution in [-0.4, -0.2) is 25.5 Å². The number of aromatic nitrogens is 4. The largest absolute Gasteiger partial charge is 0.444 e. The van der Waals surface area contributed by atoms with Crippen LogP contribution in [0.4, 0.5) is 0 Å². The summed E-state index contributed by atoms with van der Waals surface area (Å²) < 4.78 is 7.11. The van der Waals surface area contributed by atoms with Gasteiger partial charge in [-0.05, 0) is 28.1 Å². The van der Waals surface area contributed by atoms with Crippen molar-refractivity contribution < 1.29 is 9.21 Å². The first-order valence-electron chi connectivity index (χ1n) is 5.60. The molecule has 8 nitrogen and oxygen atoms in total. The molecule has 0 bridgehead atoms. The molecule has 9 heteroatoms. The summed E-state index contributed by atoms with van der Waals surface area (Å²) in [7, 11) is 0. The lowest BCUT2D eigenvalue weighted by Gasteiger charge is -2.01. The molecule has 0 saturated carbocycles. The molecule has 3 aromatic heterocycles. The Hall–Kier alpha value is -2.42. The van der Waals surface area contributed by atoms with Crippen molar-refractivity contribution >= 4 is 27.5 Å². The van der Waals surface area contributed by atoms with Gasteiger partial charge in [-0.3, -0.25) is 14.0 Å². The van der Waals surface area contributed by atoms with E-state index in [1.807, 2.05) is 0 Å². The Balaban J connectivity index is 1.79. The number of carbonyl (C=O) groups excluding carboxylic acids is 1. The van der Waals surface area contributed by atoms with Crippen molar-refractivity contribution in [3.63, 3.8) is 0 Å². The van der Waals surface area contributed by atoms with Crippen LogP contribution in [0.1, 0.15) is 16.4 Å². The van der Waals surface area contributed by atoms with Crippen LogP contribution >= 0.6 is 15.9 Å². The number of H-pyrrole nitrogens is 1. The molecule has 3 heterocycles. The number of carbonyl (C=O) groups is 1. The van der Waals surface area contributed by atoms with E-state index in [1.54, 1.807) is 18.3 Å². The van der Waals surface area contributed by atoms with E-state index in [2.05, 4.69) is 36.4 Å². The molecule has 0 spiro atoms. The van der Waals surface area contributed by atoms with Crippen LogP contribution in [0, 0.1) is 0 Å². The van der Waals surface area contributed by atoms with E-state index in [9.17, 15) is 9.59 Å². The highest BCUT2D eigenvalue weighted by Crippen LogP contribution is 2.13. The summed E-state index contributed by atoms with van der Waals surface area (Å²) >= 11 is 3.12. The maximum Gasteiger partial charge on any atom is 0.293 e. The Bertz CT molecular complexity index is 834. The molecular formula is C11H8BrN5O3. The zero-order chi connectivity index (χ0) is 14.1. The fraction of sp³-hybridized carbons (Fsp3) is 0.0909. The summed E-state index contributed by atoms with van der Waals surface area (Å²) in [5.74, 6) is 0.255. The molecule has 20 heavy (non-hydrogen) atoms. The lowest BCUT2D eigenvalue weighted by Crippen LogP contribution is -2.23. The van der Waals surface area contributed by atoms with E-state index in [1.165, 1.54) is 10.6 Å². The van der Waals surface area contributed by atoms with Gasteiger partial charge in [0.15, 0.2) is 16.3 Å². The van der Waals surface area contributed by atoms with E-state index in [0.717, 1.165) is 0 Å². The van der Waals surface area contributed by atoms with Gasteiger partial charge < -0.3 is 14.7 Å². The minimum Gasteiger partial charge on any atom is -0.444 e. The third kappa shape index (κ3) is 2.23. The zero-order valence-corrected chi connectivity index (χ0v) is 11.5. The quantitative estimate of drug-likeness (QED) is 0.731. The van der Waals surface area contributed by atoms with Gasteiger partial charge in [0, 0.05) is 12.4 Å². The van der Waals surface area contributed by atoms with E-state index in [-0.39, 0.29) is 29.4 Å². The Morgan fingerprint density at radius 1 is 1.45 bits per heavy atom. The molecule has 0 radical (unpaired) electrons. The predicted molar refractivity (Wildman–Crippen MR) is 71.2 cm³/mol. The van der Waals surface area contributed by atoms with Crippen molar-refractivity contribution in [1.29, 1.82) is 0 Å². The molecule has 2 N–H and O–H groups in total. The molecule has 3 aromatic rings. The highest BCUT2D eigenvalue weighted by Gasteiger charge is 2.12. The Morgan fingerprint density at radius 2 is 2.30 bits per heavy atom. The number of amides is 1. The molecule has 1 amide bonds. The zero-order valence-electron chi connectivity index (χ0n) is 9.96. The van der Waals surface area contributed by atoms with Crippen LogP contribution in [0.15, 0.2) is 38.4 Å². The van der Waals surface area contributed by atoms with E-state index in [0.29, 0.717) is 10.5 Å². The highest BCUT2D eigenvalue weighted by molar-refractivity contribution is 9.10. The second-order valence-corrected chi connectivity index (χ2v) is 4.67. The predicted octanol–water partition coefficient (Wildman–Crippen LogP) is 0.703. The van der Waals surface area contributed by atoms with Gasteiger partial charge in [0.25, 0.3) is 11.5 Å². The molecule has 0 saturated heterocycles. The van der Waals surface area contributed by atoms with E-state index < -0.39 is 0 Å². The summed E-state index contributed by atoms with van der Waals surface area (Å²) in [6.45, 7) is 0.127. The van der Waals surface area contributed by atoms with E-state index >= 15 is 0 Å². The fourth-order valence-corrected chi connectivity index (χ4v) is 2.00. The Kier molecular flexibility index (Phi) is 3.11. The molecule has 0 unspecified atom stereocenters. The number of fused-ring (bicyclic) bond motifs is 1. The molecule has 3 rings (SSSR count). The lowest BCUT2D eigenvalue weighted by molar-refractivity contribution is 0.0920. The third-order valence-corrected chi connectivity index (χ3v) is 3.04. The lowest BCUT2D eigenvalue weighted by atomic mass is 10.4. The van der Waals surface area contributed by atoms with Gasteiger partial charge in [-0.15, -0.1) is 10.2 Å². The number of nitrogens with one attached hydrogen (secondary N) is 2. The first-order valence-corrected chi connectivity index (χ1v) is 6.39. The molecule has 0 aliphatic heterocycles. The van der Waals surface area contributed by atoms with Gasteiger partial charge in [0.05, 0.1) is 6.54 Å².